The Hall–Kier alpha value is -3.32. The van der Waals surface area contributed by atoms with E-state index in [-0.39, 0.29) is 5.91 Å². The predicted molar refractivity (Wildman–Crippen MR) is 126 cm³/mol. The number of aryl methyl sites for hydroxylation is 2. The quantitative estimate of drug-likeness (QED) is 0.571. The number of amides is 1. The Balaban J connectivity index is 1.58. The molecule has 1 N–H and O–H groups in total. The highest BCUT2D eigenvalue weighted by atomic mass is 32.2. The molecule has 6 nitrogen and oxygen atoms in total. The number of nitrogens with zero attached hydrogens (tertiary/aromatic N) is 3. The number of aliphatic imine (C=N–C) groups is 1. The number of pyridine rings is 1. The third kappa shape index (κ3) is 4.56. The predicted octanol–water partition coefficient (Wildman–Crippen LogP) is 5.09. The number of thioether (sulfide) groups is 1. The molecule has 0 unspecified atom stereocenters. The number of hydrogen-bond donors (Lipinski definition) is 1. The lowest BCUT2D eigenvalue weighted by molar-refractivity contribution is -0.115. The average Bonchev–Trinajstić information content (AvgIpc) is 3.22. The smallest absolute Gasteiger partial charge is 0.264 e. The third-order valence-electron chi connectivity index (χ3n) is 4.92. The normalized spacial score (nSPS) is 16.2. The van der Waals surface area contributed by atoms with Crippen molar-refractivity contribution in [3.63, 3.8) is 0 Å². The van der Waals surface area contributed by atoms with Crippen molar-refractivity contribution in [1.29, 1.82) is 0 Å². The summed E-state index contributed by atoms with van der Waals surface area (Å²) in [5, 5.41) is 3.41. The molecule has 0 bridgehead atoms. The van der Waals surface area contributed by atoms with Crippen LogP contribution in [-0.4, -0.2) is 27.2 Å². The van der Waals surface area contributed by atoms with Crippen LogP contribution in [0.2, 0.25) is 0 Å². The summed E-state index contributed by atoms with van der Waals surface area (Å²) in [5.74, 6) is 1.53. The minimum Gasteiger partial charge on any atom is -0.494 e. The Morgan fingerprint density at radius 2 is 1.94 bits per heavy atom. The minimum absolute atomic E-state index is 0.145. The zero-order chi connectivity index (χ0) is 22.0. The molecule has 31 heavy (non-hydrogen) atoms. The maximum Gasteiger partial charge on any atom is 0.264 e. The molecule has 3 heterocycles. The van der Waals surface area contributed by atoms with Crippen molar-refractivity contribution in [1.82, 2.24) is 14.9 Å². The van der Waals surface area contributed by atoms with Crippen molar-refractivity contribution in [2.45, 2.75) is 27.7 Å². The summed E-state index contributed by atoms with van der Waals surface area (Å²) < 4.78 is 7.56. The first-order chi connectivity index (χ1) is 14.9. The SMILES string of the molecule is CCOc1ccc(N=C2NC(=O)C(=Cc3cc(C)n(-c4cc(C)ccn4)c3C)S2)cc1. The maximum atomic E-state index is 12.5. The van der Waals surface area contributed by atoms with Crippen LogP contribution < -0.4 is 10.1 Å². The van der Waals surface area contributed by atoms with Crippen LogP contribution >= 0.6 is 11.8 Å². The van der Waals surface area contributed by atoms with E-state index in [1.165, 1.54) is 11.8 Å². The van der Waals surface area contributed by atoms with Gasteiger partial charge >= 0.3 is 0 Å². The fourth-order valence-electron chi connectivity index (χ4n) is 3.45. The van der Waals surface area contributed by atoms with E-state index in [4.69, 9.17) is 4.74 Å². The molecule has 1 aliphatic rings. The molecular formula is C24H24N4O2S. The van der Waals surface area contributed by atoms with Gasteiger partial charge in [0.2, 0.25) is 0 Å². The minimum atomic E-state index is -0.145. The largest absolute Gasteiger partial charge is 0.494 e. The summed E-state index contributed by atoms with van der Waals surface area (Å²) in [4.78, 5) is 22.2. The molecule has 0 atom stereocenters. The Morgan fingerprint density at radius 3 is 2.65 bits per heavy atom. The van der Waals surface area contributed by atoms with E-state index in [2.05, 4.69) is 32.0 Å². The fraction of sp³-hybridized carbons (Fsp3) is 0.208. The molecule has 0 spiro atoms. The highest BCUT2D eigenvalue weighted by Gasteiger charge is 2.24. The molecule has 158 valence electrons. The molecule has 1 aliphatic heterocycles. The first kappa shape index (κ1) is 20.9. The van der Waals surface area contributed by atoms with Crippen molar-refractivity contribution >= 4 is 34.6 Å². The van der Waals surface area contributed by atoms with Crippen LogP contribution in [0.5, 0.6) is 5.75 Å². The topological polar surface area (TPSA) is 68.5 Å². The fourth-order valence-corrected chi connectivity index (χ4v) is 4.28. The molecule has 0 aliphatic carbocycles. The summed E-state index contributed by atoms with van der Waals surface area (Å²) in [6.45, 7) is 8.69. The number of hydrogen-bond acceptors (Lipinski definition) is 5. The average molecular weight is 433 g/mol. The Kier molecular flexibility index (Phi) is 5.95. The summed E-state index contributed by atoms with van der Waals surface area (Å²) in [5.41, 5.74) is 5.00. The van der Waals surface area contributed by atoms with Gasteiger partial charge in [0.15, 0.2) is 5.17 Å². The van der Waals surface area contributed by atoms with Crippen molar-refractivity contribution in [2.75, 3.05) is 6.61 Å². The number of amidine groups is 1. The summed E-state index contributed by atoms with van der Waals surface area (Å²) in [7, 11) is 0. The summed E-state index contributed by atoms with van der Waals surface area (Å²) in [6.07, 6.45) is 3.72. The zero-order valence-electron chi connectivity index (χ0n) is 18.0. The molecule has 0 saturated carbocycles. The van der Waals surface area contributed by atoms with E-state index < -0.39 is 0 Å². The van der Waals surface area contributed by atoms with E-state index in [0.717, 1.165) is 39.8 Å². The van der Waals surface area contributed by atoms with Gasteiger partial charge in [-0.15, -0.1) is 0 Å². The van der Waals surface area contributed by atoms with Gasteiger partial charge in [-0.1, -0.05) is 0 Å². The van der Waals surface area contributed by atoms with E-state index in [0.29, 0.717) is 16.7 Å². The van der Waals surface area contributed by atoms with E-state index in [1.54, 1.807) is 0 Å². The van der Waals surface area contributed by atoms with Crippen LogP contribution in [0.1, 0.15) is 29.4 Å². The standard InChI is InChI=1S/C24H24N4O2S/c1-5-30-20-8-6-19(7-9-20)26-24-27-23(29)21(31-24)14-18-13-16(3)28(17(18)4)22-12-15(2)10-11-25-22/h6-14H,5H2,1-4H3,(H,26,27,29). The Bertz CT molecular complexity index is 1190. The van der Waals surface area contributed by atoms with Gasteiger partial charge in [0.05, 0.1) is 17.2 Å². The lowest BCUT2D eigenvalue weighted by Crippen LogP contribution is -2.19. The number of nitrogens with one attached hydrogen (secondary N) is 1. The maximum absolute atomic E-state index is 12.5. The van der Waals surface area contributed by atoms with Gasteiger partial charge in [-0.3, -0.25) is 4.79 Å². The van der Waals surface area contributed by atoms with E-state index in [1.807, 2.05) is 70.3 Å². The molecular weight excluding hydrogens is 408 g/mol. The highest BCUT2D eigenvalue weighted by molar-refractivity contribution is 8.18. The molecule has 1 aromatic carbocycles. The van der Waals surface area contributed by atoms with Crippen molar-refractivity contribution in [3.05, 3.63) is 76.1 Å². The van der Waals surface area contributed by atoms with Crippen LogP contribution in [0.25, 0.3) is 11.9 Å². The molecule has 1 saturated heterocycles. The molecule has 7 heteroatoms. The molecule has 4 rings (SSSR count). The molecule has 1 amide bonds. The van der Waals surface area contributed by atoms with Crippen LogP contribution in [0.4, 0.5) is 5.69 Å². The monoisotopic (exact) mass is 432 g/mol. The van der Waals surface area contributed by atoms with Crippen LogP contribution in [-0.2, 0) is 4.79 Å². The van der Waals surface area contributed by atoms with Crippen molar-refractivity contribution in [2.24, 2.45) is 4.99 Å². The van der Waals surface area contributed by atoms with Gasteiger partial charge in [0.25, 0.3) is 5.91 Å². The molecule has 1 fully saturated rings. The van der Waals surface area contributed by atoms with Gasteiger partial charge in [-0.05, 0) is 99.1 Å². The van der Waals surface area contributed by atoms with Gasteiger partial charge in [-0.25, -0.2) is 9.98 Å². The summed E-state index contributed by atoms with van der Waals surface area (Å²) in [6, 6.07) is 13.6. The Labute approximate surface area is 186 Å². The molecule has 0 radical (unpaired) electrons. The second-order valence-electron chi connectivity index (χ2n) is 7.26. The van der Waals surface area contributed by atoms with Gasteiger partial charge in [-0.2, -0.15) is 0 Å². The van der Waals surface area contributed by atoms with E-state index in [9.17, 15) is 4.79 Å². The first-order valence-corrected chi connectivity index (χ1v) is 10.9. The number of ether oxygens (including phenoxy) is 1. The Morgan fingerprint density at radius 1 is 1.16 bits per heavy atom. The first-order valence-electron chi connectivity index (χ1n) is 10.1. The van der Waals surface area contributed by atoms with Crippen LogP contribution in [0, 0.1) is 20.8 Å². The second-order valence-corrected chi connectivity index (χ2v) is 8.29. The molecule has 2 aromatic heterocycles. The number of carbonyl (C=O) groups is 1. The van der Waals surface area contributed by atoms with Crippen molar-refractivity contribution in [3.8, 4) is 11.6 Å². The molecule has 3 aromatic rings. The number of benzene rings is 1. The number of rotatable bonds is 5. The summed E-state index contributed by atoms with van der Waals surface area (Å²) >= 11 is 1.34. The van der Waals surface area contributed by atoms with Gasteiger partial charge in [0, 0.05) is 17.6 Å². The zero-order valence-corrected chi connectivity index (χ0v) is 18.8. The third-order valence-corrected chi connectivity index (χ3v) is 5.83. The van der Waals surface area contributed by atoms with Gasteiger partial charge in [0.1, 0.15) is 11.6 Å². The van der Waals surface area contributed by atoms with Crippen LogP contribution in [0.3, 0.4) is 0 Å². The van der Waals surface area contributed by atoms with E-state index >= 15 is 0 Å². The van der Waals surface area contributed by atoms with Crippen LogP contribution in [0.15, 0.2) is 58.6 Å². The number of aromatic nitrogens is 2. The lowest BCUT2D eigenvalue weighted by atomic mass is 10.2. The number of carbonyl (C=O) groups excluding carboxylic acids is 1. The lowest BCUT2D eigenvalue weighted by Gasteiger charge is -2.09. The van der Waals surface area contributed by atoms with Crippen molar-refractivity contribution < 1.29 is 9.53 Å². The highest BCUT2D eigenvalue weighted by Crippen LogP contribution is 2.30. The van der Waals surface area contributed by atoms with Gasteiger partial charge < -0.3 is 14.6 Å². The second kappa shape index (κ2) is 8.81.